The molecule has 0 saturated carbocycles. The summed E-state index contributed by atoms with van der Waals surface area (Å²) in [7, 11) is -0.922. The second kappa shape index (κ2) is 6.36. The Balaban J connectivity index is 2.59. The van der Waals surface area contributed by atoms with Crippen LogP contribution in [0, 0.1) is 6.92 Å². The van der Waals surface area contributed by atoms with Crippen molar-refractivity contribution in [3.8, 4) is 5.75 Å². The summed E-state index contributed by atoms with van der Waals surface area (Å²) < 4.78 is 32.0. The molecule has 4 nitrogen and oxygen atoms in total. The summed E-state index contributed by atoms with van der Waals surface area (Å²) in [5.74, 6) is 0.454. The number of aryl methyl sites for hydroxylation is 1. The van der Waals surface area contributed by atoms with Crippen molar-refractivity contribution in [2.45, 2.75) is 11.8 Å². The van der Waals surface area contributed by atoms with Crippen molar-refractivity contribution in [3.63, 3.8) is 0 Å². The van der Waals surface area contributed by atoms with Gasteiger partial charge in [-0.2, -0.15) is 0 Å². The third-order valence-electron chi connectivity index (χ3n) is 3.21. The number of hydrogen-bond acceptors (Lipinski definition) is 3. The van der Waals surface area contributed by atoms with Gasteiger partial charge in [0.1, 0.15) is 10.6 Å². The molecule has 0 heterocycles. The summed E-state index contributed by atoms with van der Waals surface area (Å²) >= 11 is 11.9. The number of sulfonamides is 1. The van der Waals surface area contributed by atoms with Gasteiger partial charge < -0.3 is 4.74 Å². The standard InChI is InChI=1S/C15H15Cl2NO3S/c1-10-4-7-14(21-3)13(8-10)18(2)22(19,20)15-9-11(16)5-6-12(15)17/h4-9H,1-3H3. The summed E-state index contributed by atoms with van der Waals surface area (Å²) in [5, 5.41) is 0.412. The maximum atomic E-state index is 12.8. The normalized spacial score (nSPS) is 11.3. The van der Waals surface area contributed by atoms with E-state index in [2.05, 4.69) is 0 Å². The van der Waals surface area contributed by atoms with Gasteiger partial charge in [0.15, 0.2) is 0 Å². The van der Waals surface area contributed by atoms with Crippen LogP contribution in [0.3, 0.4) is 0 Å². The minimum Gasteiger partial charge on any atom is -0.495 e. The van der Waals surface area contributed by atoms with Crippen molar-refractivity contribution in [3.05, 3.63) is 52.0 Å². The summed E-state index contributed by atoms with van der Waals surface area (Å²) in [5.41, 5.74) is 1.34. The van der Waals surface area contributed by atoms with Gasteiger partial charge in [-0.25, -0.2) is 8.42 Å². The molecule has 0 amide bonds. The van der Waals surface area contributed by atoms with E-state index in [1.165, 1.54) is 32.4 Å². The average Bonchev–Trinajstić information content (AvgIpc) is 2.48. The van der Waals surface area contributed by atoms with E-state index in [0.717, 1.165) is 9.87 Å². The first kappa shape index (κ1) is 16.9. The van der Waals surface area contributed by atoms with Crippen LogP contribution in [-0.2, 0) is 10.0 Å². The van der Waals surface area contributed by atoms with Gasteiger partial charge in [0.2, 0.25) is 0 Å². The largest absolute Gasteiger partial charge is 0.495 e. The van der Waals surface area contributed by atoms with Crippen molar-refractivity contribution in [2.24, 2.45) is 0 Å². The van der Waals surface area contributed by atoms with Crippen LogP contribution in [0.4, 0.5) is 5.69 Å². The van der Waals surface area contributed by atoms with Gasteiger partial charge in [0, 0.05) is 12.1 Å². The highest BCUT2D eigenvalue weighted by atomic mass is 35.5. The fraction of sp³-hybridized carbons (Fsp3) is 0.200. The van der Waals surface area contributed by atoms with Gasteiger partial charge in [0.05, 0.1) is 17.8 Å². The lowest BCUT2D eigenvalue weighted by Gasteiger charge is -2.22. The number of hydrogen-bond donors (Lipinski definition) is 0. The Bertz CT molecular complexity index is 806. The number of halogens is 2. The maximum Gasteiger partial charge on any atom is 0.265 e. The van der Waals surface area contributed by atoms with Crippen LogP contribution in [0.2, 0.25) is 10.0 Å². The molecular formula is C15H15Cl2NO3S. The van der Waals surface area contributed by atoms with Crippen LogP contribution >= 0.6 is 23.2 Å². The number of methoxy groups -OCH3 is 1. The minimum absolute atomic E-state index is 0.0484. The van der Waals surface area contributed by atoms with Gasteiger partial charge in [-0.1, -0.05) is 29.3 Å². The Morgan fingerprint density at radius 3 is 2.41 bits per heavy atom. The van der Waals surface area contributed by atoms with E-state index in [4.69, 9.17) is 27.9 Å². The van der Waals surface area contributed by atoms with E-state index < -0.39 is 10.0 Å². The van der Waals surface area contributed by atoms with E-state index in [1.54, 1.807) is 12.1 Å². The molecule has 0 aliphatic carbocycles. The molecule has 0 saturated heterocycles. The smallest absolute Gasteiger partial charge is 0.265 e. The van der Waals surface area contributed by atoms with Crippen molar-refractivity contribution < 1.29 is 13.2 Å². The topological polar surface area (TPSA) is 46.6 Å². The Hall–Kier alpha value is -1.43. The highest BCUT2D eigenvalue weighted by Crippen LogP contribution is 2.34. The van der Waals surface area contributed by atoms with Crippen LogP contribution < -0.4 is 9.04 Å². The predicted molar refractivity (Wildman–Crippen MR) is 89.8 cm³/mol. The van der Waals surface area contributed by atoms with Gasteiger partial charge in [0.25, 0.3) is 10.0 Å². The maximum absolute atomic E-state index is 12.8. The summed E-state index contributed by atoms with van der Waals surface area (Å²) in [6.07, 6.45) is 0. The Morgan fingerprint density at radius 1 is 1.09 bits per heavy atom. The molecule has 0 N–H and O–H groups in total. The summed E-state index contributed by atoms with van der Waals surface area (Å²) in [6, 6.07) is 9.62. The molecule has 22 heavy (non-hydrogen) atoms. The number of benzene rings is 2. The quantitative estimate of drug-likeness (QED) is 0.824. The zero-order chi connectivity index (χ0) is 16.5. The minimum atomic E-state index is -3.86. The molecule has 0 bridgehead atoms. The van der Waals surface area contributed by atoms with Crippen LogP contribution in [0.25, 0.3) is 0 Å². The highest BCUT2D eigenvalue weighted by Gasteiger charge is 2.26. The van der Waals surface area contributed by atoms with Crippen LogP contribution in [0.15, 0.2) is 41.3 Å². The third-order valence-corrected chi connectivity index (χ3v) is 5.69. The monoisotopic (exact) mass is 359 g/mol. The average molecular weight is 360 g/mol. The fourth-order valence-corrected chi connectivity index (χ4v) is 3.93. The molecule has 0 atom stereocenters. The molecule has 118 valence electrons. The molecule has 0 aromatic heterocycles. The number of rotatable bonds is 4. The molecule has 0 fully saturated rings. The van der Waals surface area contributed by atoms with Crippen molar-refractivity contribution >= 4 is 38.9 Å². The number of ether oxygens (including phenoxy) is 1. The molecule has 0 spiro atoms. The van der Waals surface area contributed by atoms with Gasteiger partial charge in [-0.15, -0.1) is 0 Å². The number of anilines is 1. The van der Waals surface area contributed by atoms with Gasteiger partial charge >= 0.3 is 0 Å². The summed E-state index contributed by atoms with van der Waals surface area (Å²) in [4.78, 5) is -0.0484. The van der Waals surface area contributed by atoms with E-state index >= 15 is 0 Å². The molecule has 7 heteroatoms. The van der Waals surface area contributed by atoms with Crippen molar-refractivity contribution in [2.75, 3.05) is 18.5 Å². The molecule has 0 unspecified atom stereocenters. The van der Waals surface area contributed by atoms with E-state index in [9.17, 15) is 8.42 Å². The summed E-state index contributed by atoms with van der Waals surface area (Å²) in [6.45, 7) is 1.87. The highest BCUT2D eigenvalue weighted by molar-refractivity contribution is 7.93. The second-order valence-corrected chi connectivity index (χ2v) is 7.50. The molecular weight excluding hydrogens is 345 g/mol. The molecule has 2 rings (SSSR count). The van der Waals surface area contributed by atoms with E-state index in [1.807, 2.05) is 13.0 Å². The Kier molecular flexibility index (Phi) is 4.90. The molecule has 2 aromatic carbocycles. The first-order valence-electron chi connectivity index (χ1n) is 6.36. The molecule has 0 aliphatic rings. The Labute approximate surface area is 140 Å². The molecule has 0 aliphatic heterocycles. The fourth-order valence-electron chi connectivity index (χ4n) is 2.00. The van der Waals surface area contributed by atoms with Crippen molar-refractivity contribution in [1.29, 1.82) is 0 Å². The van der Waals surface area contributed by atoms with Crippen LogP contribution in [-0.4, -0.2) is 22.6 Å². The lowest BCUT2D eigenvalue weighted by molar-refractivity contribution is 0.415. The SMILES string of the molecule is COc1ccc(C)cc1N(C)S(=O)(=O)c1cc(Cl)ccc1Cl. The lowest BCUT2D eigenvalue weighted by atomic mass is 10.2. The van der Waals surface area contributed by atoms with Crippen molar-refractivity contribution in [1.82, 2.24) is 0 Å². The van der Waals surface area contributed by atoms with Gasteiger partial charge in [-0.05, 0) is 42.8 Å². The second-order valence-electron chi connectivity index (χ2n) is 4.72. The predicted octanol–water partition coefficient (Wildman–Crippen LogP) is 4.14. The van der Waals surface area contributed by atoms with Gasteiger partial charge in [-0.3, -0.25) is 4.31 Å². The third kappa shape index (κ3) is 3.16. The zero-order valence-electron chi connectivity index (χ0n) is 12.3. The molecule has 2 aromatic rings. The first-order chi connectivity index (χ1) is 10.3. The lowest BCUT2D eigenvalue weighted by Crippen LogP contribution is -2.27. The van der Waals surface area contributed by atoms with E-state index in [-0.39, 0.29) is 9.92 Å². The number of nitrogens with zero attached hydrogens (tertiary/aromatic N) is 1. The Morgan fingerprint density at radius 2 is 1.77 bits per heavy atom. The van der Waals surface area contributed by atoms with E-state index in [0.29, 0.717) is 16.5 Å². The molecule has 0 radical (unpaired) electrons. The van der Waals surface area contributed by atoms with Crippen LogP contribution in [0.5, 0.6) is 5.75 Å². The zero-order valence-corrected chi connectivity index (χ0v) is 14.6. The van der Waals surface area contributed by atoms with Crippen LogP contribution in [0.1, 0.15) is 5.56 Å². The first-order valence-corrected chi connectivity index (χ1v) is 8.55.